The molecule has 0 aromatic carbocycles. The normalized spacial score (nSPS) is 10.9. The smallest absolute Gasteiger partial charge is 0.329 e. The van der Waals surface area contributed by atoms with Gasteiger partial charge in [-0.25, -0.2) is 4.79 Å². The van der Waals surface area contributed by atoms with Gasteiger partial charge in [0.25, 0.3) is 5.91 Å². The molecule has 0 saturated heterocycles. The summed E-state index contributed by atoms with van der Waals surface area (Å²) in [5, 5.41) is 19.4. The second-order valence-electron chi connectivity index (χ2n) is 4.46. The topological polar surface area (TPSA) is 95.4 Å². The van der Waals surface area contributed by atoms with E-state index in [9.17, 15) is 14.7 Å². The SMILES string of the molecule is CCN(c1ccc(C(=O)NC)nn1)C(C)(C)C(=O)O. The number of nitrogens with one attached hydrogen (secondary N) is 1. The summed E-state index contributed by atoms with van der Waals surface area (Å²) in [7, 11) is 1.50. The molecule has 1 aromatic heterocycles. The largest absolute Gasteiger partial charge is 0.480 e. The number of carboxylic acids is 1. The van der Waals surface area contributed by atoms with E-state index in [2.05, 4.69) is 15.5 Å². The van der Waals surface area contributed by atoms with E-state index in [4.69, 9.17) is 0 Å². The quantitative estimate of drug-likeness (QED) is 0.807. The number of carbonyl (C=O) groups excluding carboxylic acids is 1. The van der Waals surface area contributed by atoms with Gasteiger partial charge in [0.2, 0.25) is 0 Å². The van der Waals surface area contributed by atoms with Crippen LogP contribution in [-0.2, 0) is 4.79 Å². The van der Waals surface area contributed by atoms with Gasteiger partial charge >= 0.3 is 5.97 Å². The van der Waals surface area contributed by atoms with Gasteiger partial charge in [-0.2, -0.15) is 0 Å². The number of hydrogen-bond acceptors (Lipinski definition) is 5. The van der Waals surface area contributed by atoms with E-state index >= 15 is 0 Å². The van der Waals surface area contributed by atoms with Crippen LogP contribution in [0.1, 0.15) is 31.3 Å². The van der Waals surface area contributed by atoms with Crippen molar-refractivity contribution in [3.8, 4) is 0 Å². The van der Waals surface area contributed by atoms with E-state index in [1.54, 1.807) is 24.8 Å². The number of rotatable bonds is 5. The van der Waals surface area contributed by atoms with Crippen molar-refractivity contribution in [1.82, 2.24) is 15.5 Å². The molecule has 7 heteroatoms. The van der Waals surface area contributed by atoms with E-state index in [1.165, 1.54) is 13.1 Å². The monoisotopic (exact) mass is 266 g/mol. The van der Waals surface area contributed by atoms with Crippen LogP contribution in [0.25, 0.3) is 0 Å². The molecule has 1 amide bonds. The second kappa shape index (κ2) is 5.64. The molecule has 0 fully saturated rings. The fourth-order valence-corrected chi connectivity index (χ4v) is 1.68. The molecule has 1 rings (SSSR count). The van der Waals surface area contributed by atoms with Crippen LogP contribution in [0.2, 0.25) is 0 Å². The summed E-state index contributed by atoms with van der Waals surface area (Å²) < 4.78 is 0. The van der Waals surface area contributed by atoms with E-state index in [-0.39, 0.29) is 11.6 Å². The molecule has 0 aliphatic heterocycles. The maximum Gasteiger partial charge on any atom is 0.329 e. The number of likely N-dealkylation sites (N-methyl/N-ethyl adjacent to an activating group) is 1. The molecule has 0 unspecified atom stereocenters. The Morgan fingerprint density at radius 1 is 1.37 bits per heavy atom. The van der Waals surface area contributed by atoms with Crippen molar-refractivity contribution in [3.63, 3.8) is 0 Å². The van der Waals surface area contributed by atoms with Gasteiger partial charge in [-0.1, -0.05) is 0 Å². The van der Waals surface area contributed by atoms with E-state index in [0.29, 0.717) is 12.4 Å². The Kier molecular flexibility index (Phi) is 4.42. The molecule has 104 valence electrons. The summed E-state index contributed by atoms with van der Waals surface area (Å²) in [6.45, 7) is 5.48. The molecular formula is C12H18N4O3. The van der Waals surface area contributed by atoms with Gasteiger partial charge in [-0.15, -0.1) is 10.2 Å². The Morgan fingerprint density at radius 3 is 2.37 bits per heavy atom. The minimum Gasteiger partial charge on any atom is -0.480 e. The number of carboxylic acid groups (broad SMARTS) is 1. The first kappa shape index (κ1) is 14.9. The lowest BCUT2D eigenvalue weighted by Gasteiger charge is -2.34. The predicted octanol–water partition coefficient (Wildman–Crippen LogP) is 0.526. The van der Waals surface area contributed by atoms with Crippen molar-refractivity contribution in [2.45, 2.75) is 26.3 Å². The van der Waals surface area contributed by atoms with Gasteiger partial charge in [0.05, 0.1) is 0 Å². The molecule has 1 aromatic rings. The zero-order valence-electron chi connectivity index (χ0n) is 11.5. The van der Waals surface area contributed by atoms with Crippen LogP contribution in [0.5, 0.6) is 0 Å². The molecule has 0 spiro atoms. The predicted molar refractivity (Wildman–Crippen MR) is 70.2 cm³/mol. The number of carbonyl (C=O) groups is 2. The fraction of sp³-hybridized carbons (Fsp3) is 0.500. The number of aliphatic carboxylic acids is 1. The highest BCUT2D eigenvalue weighted by atomic mass is 16.4. The number of nitrogens with zero attached hydrogens (tertiary/aromatic N) is 3. The first-order valence-electron chi connectivity index (χ1n) is 5.91. The Bertz CT molecular complexity index is 470. The standard InChI is InChI=1S/C12H18N4O3/c1-5-16(12(2,3)11(18)19)9-7-6-8(14-15-9)10(17)13-4/h6-7H,5H2,1-4H3,(H,13,17)(H,18,19). The summed E-state index contributed by atoms with van der Waals surface area (Å²) in [5.41, 5.74) is -0.909. The van der Waals surface area contributed by atoms with Gasteiger partial charge in [0.1, 0.15) is 5.54 Å². The summed E-state index contributed by atoms with van der Waals surface area (Å²) in [5.74, 6) is -0.867. The number of hydrogen-bond donors (Lipinski definition) is 2. The maximum absolute atomic E-state index is 11.3. The van der Waals surface area contributed by atoms with Crippen molar-refractivity contribution in [2.75, 3.05) is 18.5 Å². The summed E-state index contributed by atoms with van der Waals surface area (Å²) in [6, 6.07) is 3.10. The molecule has 0 atom stereocenters. The average molecular weight is 266 g/mol. The minimum absolute atomic E-state index is 0.190. The lowest BCUT2D eigenvalue weighted by atomic mass is 10.0. The van der Waals surface area contributed by atoms with Gasteiger partial charge < -0.3 is 15.3 Å². The van der Waals surface area contributed by atoms with Crippen LogP contribution < -0.4 is 10.2 Å². The van der Waals surface area contributed by atoms with Crippen molar-refractivity contribution >= 4 is 17.7 Å². The van der Waals surface area contributed by atoms with E-state index in [1.807, 2.05) is 6.92 Å². The molecule has 0 aliphatic rings. The molecule has 19 heavy (non-hydrogen) atoms. The van der Waals surface area contributed by atoms with E-state index < -0.39 is 11.5 Å². The molecule has 7 nitrogen and oxygen atoms in total. The number of aromatic nitrogens is 2. The zero-order chi connectivity index (χ0) is 14.6. The van der Waals surface area contributed by atoms with Crippen molar-refractivity contribution in [2.24, 2.45) is 0 Å². The Labute approximate surface area is 111 Å². The highest BCUT2D eigenvalue weighted by Crippen LogP contribution is 2.21. The molecular weight excluding hydrogens is 248 g/mol. The molecule has 1 heterocycles. The first-order valence-corrected chi connectivity index (χ1v) is 5.91. The lowest BCUT2D eigenvalue weighted by molar-refractivity contribution is -0.142. The molecule has 0 bridgehead atoms. The summed E-state index contributed by atoms with van der Waals surface area (Å²) >= 11 is 0. The molecule has 2 N–H and O–H groups in total. The minimum atomic E-state index is -1.10. The second-order valence-corrected chi connectivity index (χ2v) is 4.46. The number of anilines is 1. The molecule has 0 aliphatic carbocycles. The number of amides is 1. The Hall–Kier alpha value is -2.18. The lowest BCUT2D eigenvalue weighted by Crippen LogP contribution is -2.50. The highest BCUT2D eigenvalue weighted by molar-refractivity contribution is 5.92. The van der Waals surface area contributed by atoms with Crippen LogP contribution in [0.3, 0.4) is 0 Å². The van der Waals surface area contributed by atoms with Crippen LogP contribution >= 0.6 is 0 Å². The maximum atomic E-state index is 11.3. The third kappa shape index (κ3) is 2.98. The fourth-order valence-electron chi connectivity index (χ4n) is 1.68. The Balaban J connectivity index is 3.07. The van der Waals surface area contributed by atoms with Crippen molar-refractivity contribution in [1.29, 1.82) is 0 Å². The van der Waals surface area contributed by atoms with Crippen molar-refractivity contribution < 1.29 is 14.7 Å². The van der Waals surface area contributed by atoms with Crippen LogP contribution in [0.15, 0.2) is 12.1 Å². The van der Waals surface area contributed by atoms with Gasteiger partial charge in [-0.3, -0.25) is 4.79 Å². The van der Waals surface area contributed by atoms with Crippen molar-refractivity contribution in [3.05, 3.63) is 17.8 Å². The van der Waals surface area contributed by atoms with Gasteiger partial charge in [0.15, 0.2) is 11.5 Å². The molecule has 0 saturated carbocycles. The van der Waals surface area contributed by atoms with E-state index in [0.717, 1.165) is 0 Å². The average Bonchev–Trinajstić information content (AvgIpc) is 2.39. The summed E-state index contributed by atoms with van der Waals surface area (Å²) in [4.78, 5) is 24.2. The van der Waals surface area contributed by atoms with Gasteiger partial charge in [0, 0.05) is 13.6 Å². The van der Waals surface area contributed by atoms with Crippen LogP contribution in [-0.4, -0.2) is 46.3 Å². The molecule has 0 radical (unpaired) electrons. The van der Waals surface area contributed by atoms with Gasteiger partial charge in [-0.05, 0) is 32.9 Å². The third-order valence-corrected chi connectivity index (χ3v) is 2.90. The van der Waals surface area contributed by atoms with Crippen LogP contribution in [0.4, 0.5) is 5.82 Å². The Morgan fingerprint density at radius 2 is 2.00 bits per heavy atom. The van der Waals surface area contributed by atoms with Crippen LogP contribution in [0, 0.1) is 0 Å². The highest BCUT2D eigenvalue weighted by Gasteiger charge is 2.34. The zero-order valence-corrected chi connectivity index (χ0v) is 11.5. The summed E-state index contributed by atoms with van der Waals surface area (Å²) in [6.07, 6.45) is 0. The third-order valence-electron chi connectivity index (χ3n) is 2.90. The first-order chi connectivity index (χ1) is 8.84.